The fourth-order valence-corrected chi connectivity index (χ4v) is 3.07. The fraction of sp³-hybridized carbons (Fsp3) is 0.235. The maximum absolute atomic E-state index is 13.1. The van der Waals surface area contributed by atoms with Gasteiger partial charge in [0.15, 0.2) is 0 Å². The maximum atomic E-state index is 13.1. The molecule has 0 aromatic heterocycles. The number of halogens is 1. The topological polar surface area (TPSA) is 66.5 Å². The highest BCUT2D eigenvalue weighted by molar-refractivity contribution is 7.89. The molecule has 0 aliphatic heterocycles. The average molecular weight is 350 g/mol. The molecule has 5 nitrogen and oxygen atoms in total. The van der Waals surface area contributed by atoms with Gasteiger partial charge in [-0.05, 0) is 42.3 Å². The number of carbonyl (C=O) groups excluding carboxylic acids is 1. The Labute approximate surface area is 141 Å². The van der Waals surface area contributed by atoms with Crippen molar-refractivity contribution in [2.75, 3.05) is 19.4 Å². The Bertz CT molecular complexity index is 835. The highest BCUT2D eigenvalue weighted by Crippen LogP contribution is 2.18. The van der Waals surface area contributed by atoms with Gasteiger partial charge in [0.1, 0.15) is 5.82 Å². The van der Waals surface area contributed by atoms with E-state index in [-0.39, 0.29) is 23.0 Å². The smallest absolute Gasteiger partial charge is 0.242 e. The third kappa shape index (κ3) is 4.62. The maximum Gasteiger partial charge on any atom is 0.242 e. The average Bonchev–Trinajstić information content (AvgIpc) is 2.53. The third-order valence-corrected chi connectivity index (χ3v) is 5.24. The number of hydrogen-bond acceptors (Lipinski definition) is 3. The molecule has 0 heterocycles. The molecule has 0 atom stereocenters. The van der Waals surface area contributed by atoms with E-state index >= 15 is 0 Å². The summed E-state index contributed by atoms with van der Waals surface area (Å²) in [5, 5.41) is 2.66. The van der Waals surface area contributed by atoms with E-state index in [1.165, 1.54) is 38.4 Å². The zero-order valence-electron chi connectivity index (χ0n) is 13.5. The van der Waals surface area contributed by atoms with Gasteiger partial charge >= 0.3 is 0 Å². The lowest BCUT2D eigenvalue weighted by Gasteiger charge is -2.12. The zero-order valence-corrected chi connectivity index (χ0v) is 14.3. The Balaban J connectivity index is 2.02. The van der Waals surface area contributed by atoms with Crippen LogP contribution in [0.15, 0.2) is 53.4 Å². The van der Waals surface area contributed by atoms with Crippen LogP contribution < -0.4 is 5.32 Å². The number of nitrogens with one attached hydrogen (secondary N) is 1. The monoisotopic (exact) mass is 350 g/mol. The fourth-order valence-electron chi connectivity index (χ4n) is 2.12. The van der Waals surface area contributed by atoms with E-state index in [1.807, 2.05) is 0 Å². The van der Waals surface area contributed by atoms with Crippen molar-refractivity contribution < 1.29 is 17.6 Å². The summed E-state index contributed by atoms with van der Waals surface area (Å²) in [6.45, 7) is 0. The Kier molecular flexibility index (Phi) is 5.69. The minimum atomic E-state index is -3.55. The molecule has 128 valence electrons. The van der Waals surface area contributed by atoms with Crippen molar-refractivity contribution in [2.24, 2.45) is 0 Å². The first-order chi connectivity index (χ1) is 11.3. The lowest BCUT2D eigenvalue weighted by atomic mass is 10.1. The second-order valence-electron chi connectivity index (χ2n) is 5.49. The van der Waals surface area contributed by atoms with Crippen molar-refractivity contribution in [3.63, 3.8) is 0 Å². The molecular weight excluding hydrogens is 331 g/mol. The van der Waals surface area contributed by atoms with Crippen LogP contribution in [-0.4, -0.2) is 32.7 Å². The van der Waals surface area contributed by atoms with E-state index < -0.39 is 10.0 Å². The Hall–Kier alpha value is -2.25. The third-order valence-electron chi connectivity index (χ3n) is 3.43. The lowest BCUT2D eigenvalue weighted by molar-refractivity contribution is -0.116. The molecule has 0 bridgehead atoms. The van der Waals surface area contributed by atoms with Gasteiger partial charge in [0.25, 0.3) is 0 Å². The van der Waals surface area contributed by atoms with E-state index in [0.717, 1.165) is 9.87 Å². The molecule has 1 N–H and O–H groups in total. The van der Waals surface area contributed by atoms with E-state index in [2.05, 4.69) is 5.32 Å². The minimum absolute atomic E-state index is 0.107. The molecule has 24 heavy (non-hydrogen) atoms. The van der Waals surface area contributed by atoms with Crippen LogP contribution in [0.25, 0.3) is 0 Å². The first-order valence-electron chi connectivity index (χ1n) is 7.36. The highest BCUT2D eigenvalue weighted by atomic mass is 32.2. The van der Waals surface area contributed by atoms with Crippen LogP contribution in [-0.2, 0) is 21.2 Å². The van der Waals surface area contributed by atoms with Crippen LogP contribution in [0.1, 0.15) is 12.0 Å². The van der Waals surface area contributed by atoms with Crippen molar-refractivity contribution in [3.05, 3.63) is 59.9 Å². The van der Waals surface area contributed by atoms with E-state index in [4.69, 9.17) is 0 Å². The van der Waals surface area contributed by atoms with Crippen LogP contribution in [0.3, 0.4) is 0 Å². The largest absolute Gasteiger partial charge is 0.326 e. The Morgan fingerprint density at radius 1 is 1.12 bits per heavy atom. The van der Waals surface area contributed by atoms with Gasteiger partial charge in [0.05, 0.1) is 4.90 Å². The molecule has 0 unspecified atom stereocenters. The molecule has 0 aliphatic rings. The number of anilines is 1. The van der Waals surface area contributed by atoms with E-state index in [0.29, 0.717) is 12.1 Å². The molecule has 7 heteroatoms. The van der Waals surface area contributed by atoms with Gasteiger partial charge in [-0.3, -0.25) is 4.79 Å². The SMILES string of the molecule is CN(C)S(=O)(=O)c1cccc(NC(=O)CCc2cccc(F)c2)c1. The number of carbonyl (C=O) groups is 1. The molecule has 2 aromatic carbocycles. The molecule has 0 aliphatic carbocycles. The number of rotatable bonds is 6. The normalized spacial score (nSPS) is 11.5. The predicted octanol–water partition coefficient (Wildman–Crippen LogP) is 2.65. The number of amides is 1. The van der Waals surface area contributed by atoms with E-state index in [1.54, 1.807) is 24.3 Å². The number of benzene rings is 2. The molecule has 1 amide bonds. The highest BCUT2D eigenvalue weighted by Gasteiger charge is 2.17. The molecule has 0 saturated carbocycles. The predicted molar refractivity (Wildman–Crippen MR) is 90.7 cm³/mol. The second-order valence-corrected chi connectivity index (χ2v) is 7.65. The molecule has 2 aromatic rings. The number of hydrogen-bond donors (Lipinski definition) is 1. The van der Waals surface area contributed by atoms with Crippen LogP contribution in [0.2, 0.25) is 0 Å². The summed E-state index contributed by atoms with van der Waals surface area (Å²) in [4.78, 5) is 12.1. The van der Waals surface area contributed by atoms with Gasteiger partial charge in [0, 0.05) is 26.2 Å². The Morgan fingerprint density at radius 3 is 2.50 bits per heavy atom. The quantitative estimate of drug-likeness (QED) is 0.871. The van der Waals surface area contributed by atoms with Crippen LogP contribution in [0.4, 0.5) is 10.1 Å². The summed E-state index contributed by atoms with van der Waals surface area (Å²) >= 11 is 0. The molecular formula is C17H19FN2O3S. The van der Waals surface area contributed by atoms with Crippen LogP contribution in [0, 0.1) is 5.82 Å². The second kappa shape index (κ2) is 7.55. The lowest BCUT2D eigenvalue weighted by Crippen LogP contribution is -2.22. The number of nitrogens with zero attached hydrogens (tertiary/aromatic N) is 1. The molecule has 0 spiro atoms. The zero-order chi connectivity index (χ0) is 17.7. The van der Waals surface area contributed by atoms with Crippen molar-refractivity contribution in [1.82, 2.24) is 4.31 Å². The summed E-state index contributed by atoms with van der Waals surface area (Å²) in [6.07, 6.45) is 0.577. The van der Waals surface area contributed by atoms with Crippen molar-refractivity contribution in [2.45, 2.75) is 17.7 Å². The first-order valence-corrected chi connectivity index (χ1v) is 8.80. The number of aryl methyl sites for hydroxylation is 1. The molecule has 0 saturated heterocycles. The van der Waals surface area contributed by atoms with Gasteiger partial charge in [0.2, 0.25) is 15.9 Å². The summed E-state index contributed by atoms with van der Waals surface area (Å²) in [5.74, 6) is -0.604. The van der Waals surface area contributed by atoms with Crippen molar-refractivity contribution >= 4 is 21.6 Å². The molecule has 0 fully saturated rings. The summed E-state index contributed by atoms with van der Waals surface area (Å²) in [7, 11) is -0.667. The first kappa shape index (κ1) is 18.1. The van der Waals surface area contributed by atoms with Crippen molar-refractivity contribution in [3.8, 4) is 0 Å². The van der Waals surface area contributed by atoms with Crippen LogP contribution >= 0.6 is 0 Å². The van der Waals surface area contributed by atoms with Gasteiger partial charge in [-0.15, -0.1) is 0 Å². The molecule has 2 rings (SSSR count). The summed E-state index contributed by atoms with van der Waals surface area (Å²) in [6, 6.07) is 12.1. The Morgan fingerprint density at radius 2 is 1.83 bits per heavy atom. The summed E-state index contributed by atoms with van der Waals surface area (Å²) in [5.41, 5.74) is 1.14. The van der Waals surface area contributed by atoms with Crippen molar-refractivity contribution in [1.29, 1.82) is 0 Å². The number of sulfonamides is 1. The molecule has 0 radical (unpaired) electrons. The summed E-state index contributed by atoms with van der Waals surface area (Å²) < 4.78 is 38.4. The van der Waals surface area contributed by atoms with E-state index in [9.17, 15) is 17.6 Å². The standard InChI is InChI=1S/C17H19FN2O3S/c1-20(2)24(22,23)16-8-4-7-15(12-16)19-17(21)10-9-13-5-3-6-14(18)11-13/h3-8,11-12H,9-10H2,1-2H3,(H,19,21). The van der Waals surface area contributed by atoms with Gasteiger partial charge in [-0.1, -0.05) is 18.2 Å². The van der Waals surface area contributed by atoms with Gasteiger partial charge < -0.3 is 5.32 Å². The van der Waals surface area contributed by atoms with Crippen LogP contribution in [0.5, 0.6) is 0 Å². The van der Waals surface area contributed by atoms with Gasteiger partial charge in [-0.2, -0.15) is 0 Å². The van der Waals surface area contributed by atoms with Gasteiger partial charge in [-0.25, -0.2) is 17.1 Å². The minimum Gasteiger partial charge on any atom is -0.326 e.